The number of ketones is 1. The van der Waals surface area contributed by atoms with E-state index >= 15 is 0 Å². The van der Waals surface area contributed by atoms with E-state index in [2.05, 4.69) is 6.92 Å². The molecule has 2 N–H and O–H groups in total. The third kappa shape index (κ3) is 2.19. The van der Waals surface area contributed by atoms with Gasteiger partial charge in [0.1, 0.15) is 12.4 Å². The van der Waals surface area contributed by atoms with Crippen molar-refractivity contribution in [2.45, 2.75) is 50.9 Å². The third-order valence-electron chi connectivity index (χ3n) is 6.72. The SMILES string of the molecule is CCC(CO)c1ccc2c(c1O)C(=O)C[C@H]1C3=C(CC[C@]21C)C(=O)OC3. The number of hydrogen-bond donors (Lipinski definition) is 2. The van der Waals surface area contributed by atoms with E-state index < -0.39 is 0 Å². The fourth-order valence-electron chi connectivity index (χ4n) is 5.07. The van der Waals surface area contributed by atoms with Crippen molar-refractivity contribution in [3.63, 3.8) is 0 Å². The number of fused-ring (bicyclic) bond motifs is 4. The molecule has 26 heavy (non-hydrogen) atoms. The summed E-state index contributed by atoms with van der Waals surface area (Å²) < 4.78 is 5.22. The summed E-state index contributed by atoms with van der Waals surface area (Å²) in [6, 6.07) is 3.79. The topological polar surface area (TPSA) is 83.8 Å². The fourth-order valence-corrected chi connectivity index (χ4v) is 5.07. The van der Waals surface area contributed by atoms with Gasteiger partial charge in [-0.3, -0.25) is 4.79 Å². The van der Waals surface area contributed by atoms with Crippen molar-refractivity contribution in [1.82, 2.24) is 0 Å². The van der Waals surface area contributed by atoms with Crippen molar-refractivity contribution in [2.75, 3.05) is 13.2 Å². The summed E-state index contributed by atoms with van der Waals surface area (Å²) in [5.41, 5.74) is 3.32. The van der Waals surface area contributed by atoms with Crippen molar-refractivity contribution in [2.24, 2.45) is 5.92 Å². The van der Waals surface area contributed by atoms with Crippen LogP contribution < -0.4 is 0 Å². The lowest BCUT2D eigenvalue weighted by atomic mass is 9.56. The van der Waals surface area contributed by atoms with Gasteiger partial charge in [0.25, 0.3) is 0 Å². The lowest BCUT2D eigenvalue weighted by molar-refractivity contribution is -0.136. The molecule has 5 nitrogen and oxygen atoms in total. The Bertz CT molecular complexity index is 833. The Hall–Kier alpha value is -2.14. The van der Waals surface area contributed by atoms with Crippen LogP contribution in [-0.4, -0.2) is 35.2 Å². The van der Waals surface area contributed by atoms with E-state index in [4.69, 9.17) is 4.74 Å². The third-order valence-corrected chi connectivity index (χ3v) is 6.72. The maximum absolute atomic E-state index is 13.0. The van der Waals surface area contributed by atoms with E-state index in [9.17, 15) is 19.8 Å². The molecule has 2 aliphatic carbocycles. The predicted molar refractivity (Wildman–Crippen MR) is 95.2 cm³/mol. The average molecular weight is 356 g/mol. The number of esters is 1. The first kappa shape index (κ1) is 17.3. The highest BCUT2D eigenvalue weighted by atomic mass is 16.5. The Labute approximate surface area is 152 Å². The van der Waals surface area contributed by atoms with Crippen molar-refractivity contribution >= 4 is 11.8 Å². The molecular formula is C21H24O5. The number of hydrogen-bond acceptors (Lipinski definition) is 5. The molecule has 0 amide bonds. The highest BCUT2D eigenvalue weighted by Crippen LogP contribution is 2.55. The maximum Gasteiger partial charge on any atom is 0.334 e. The van der Waals surface area contributed by atoms with E-state index in [1.807, 2.05) is 19.1 Å². The molecular weight excluding hydrogens is 332 g/mol. The molecule has 0 saturated heterocycles. The number of aliphatic hydroxyl groups excluding tert-OH is 1. The number of ether oxygens (including phenoxy) is 1. The number of aliphatic hydroxyl groups is 1. The molecule has 5 heteroatoms. The lowest BCUT2D eigenvalue weighted by Gasteiger charge is -2.46. The normalized spacial score (nSPS) is 28.3. The summed E-state index contributed by atoms with van der Waals surface area (Å²) >= 11 is 0. The second-order valence-corrected chi connectivity index (χ2v) is 7.89. The average Bonchev–Trinajstić information content (AvgIpc) is 3.00. The van der Waals surface area contributed by atoms with Crippen molar-refractivity contribution in [3.05, 3.63) is 40.0 Å². The molecule has 3 atom stereocenters. The number of aromatic hydroxyl groups is 1. The number of rotatable bonds is 3. The summed E-state index contributed by atoms with van der Waals surface area (Å²) in [5, 5.41) is 20.4. The van der Waals surface area contributed by atoms with Crippen LogP contribution in [-0.2, 0) is 14.9 Å². The first-order valence-electron chi connectivity index (χ1n) is 9.31. The number of benzene rings is 1. The van der Waals surface area contributed by atoms with Crippen molar-refractivity contribution in [1.29, 1.82) is 0 Å². The molecule has 1 aliphatic heterocycles. The van der Waals surface area contributed by atoms with E-state index in [1.165, 1.54) is 0 Å². The van der Waals surface area contributed by atoms with Gasteiger partial charge in [-0.25, -0.2) is 4.79 Å². The number of Topliss-reactive ketones (excluding diaryl/α,β-unsaturated/α-hetero) is 1. The Balaban J connectivity index is 1.86. The zero-order valence-corrected chi connectivity index (χ0v) is 15.2. The predicted octanol–water partition coefficient (Wildman–Crippen LogP) is 2.99. The summed E-state index contributed by atoms with van der Waals surface area (Å²) in [7, 11) is 0. The number of phenolic OH excluding ortho intramolecular Hbond substituents is 1. The van der Waals surface area contributed by atoms with Crippen LogP contribution in [0.25, 0.3) is 0 Å². The second-order valence-electron chi connectivity index (χ2n) is 7.89. The van der Waals surface area contributed by atoms with Crippen LogP contribution in [0.15, 0.2) is 23.3 Å². The van der Waals surface area contributed by atoms with E-state index in [1.54, 1.807) is 0 Å². The molecule has 1 aromatic rings. The largest absolute Gasteiger partial charge is 0.507 e. The number of carbonyl (C=O) groups excluding carboxylic acids is 2. The first-order valence-corrected chi connectivity index (χ1v) is 9.31. The van der Waals surface area contributed by atoms with Crippen LogP contribution in [0, 0.1) is 5.92 Å². The van der Waals surface area contributed by atoms with Crippen LogP contribution in [0.2, 0.25) is 0 Å². The molecule has 3 aliphatic rings. The van der Waals surface area contributed by atoms with Crippen LogP contribution in [0.5, 0.6) is 5.75 Å². The minimum absolute atomic E-state index is 0.0200. The fraction of sp³-hybridized carbons (Fsp3) is 0.524. The Morgan fingerprint density at radius 3 is 2.81 bits per heavy atom. The van der Waals surface area contributed by atoms with Gasteiger partial charge in [0.2, 0.25) is 0 Å². The summed E-state index contributed by atoms with van der Waals surface area (Å²) in [4.78, 5) is 24.9. The van der Waals surface area contributed by atoms with Gasteiger partial charge in [0, 0.05) is 34.8 Å². The quantitative estimate of drug-likeness (QED) is 0.814. The Morgan fingerprint density at radius 1 is 1.35 bits per heavy atom. The smallest absolute Gasteiger partial charge is 0.334 e. The Morgan fingerprint density at radius 2 is 2.12 bits per heavy atom. The number of phenols is 1. The summed E-state index contributed by atoms with van der Waals surface area (Å²) in [6.45, 7) is 4.29. The van der Waals surface area contributed by atoms with Gasteiger partial charge >= 0.3 is 5.97 Å². The zero-order chi connectivity index (χ0) is 18.6. The molecule has 138 valence electrons. The number of carbonyl (C=O) groups is 2. The minimum atomic E-state index is -0.299. The van der Waals surface area contributed by atoms with Gasteiger partial charge in [-0.05, 0) is 30.4 Å². The Kier molecular flexibility index (Phi) is 3.95. The minimum Gasteiger partial charge on any atom is -0.507 e. The molecule has 1 aromatic carbocycles. The van der Waals surface area contributed by atoms with E-state index in [-0.39, 0.29) is 54.4 Å². The molecule has 0 saturated carbocycles. The van der Waals surface area contributed by atoms with Crippen LogP contribution >= 0.6 is 0 Å². The van der Waals surface area contributed by atoms with Crippen LogP contribution in [0.4, 0.5) is 0 Å². The highest BCUT2D eigenvalue weighted by molar-refractivity contribution is 6.03. The summed E-state index contributed by atoms with van der Waals surface area (Å²) in [6.07, 6.45) is 2.37. The van der Waals surface area contributed by atoms with Gasteiger partial charge in [-0.15, -0.1) is 0 Å². The molecule has 0 aromatic heterocycles. The second kappa shape index (κ2) is 5.95. The van der Waals surface area contributed by atoms with Gasteiger partial charge in [0.05, 0.1) is 12.2 Å². The van der Waals surface area contributed by atoms with Gasteiger partial charge in [-0.2, -0.15) is 0 Å². The highest BCUT2D eigenvalue weighted by Gasteiger charge is 2.51. The van der Waals surface area contributed by atoms with E-state index in [0.29, 0.717) is 24.0 Å². The molecule has 4 rings (SSSR count). The summed E-state index contributed by atoms with van der Waals surface area (Å²) in [5.74, 6) is -0.551. The first-order chi connectivity index (χ1) is 12.4. The monoisotopic (exact) mass is 356 g/mol. The van der Waals surface area contributed by atoms with Crippen LogP contribution in [0.1, 0.15) is 66.9 Å². The zero-order valence-electron chi connectivity index (χ0n) is 15.2. The molecule has 1 heterocycles. The van der Waals surface area contributed by atoms with Gasteiger partial charge < -0.3 is 14.9 Å². The molecule has 0 fully saturated rings. The van der Waals surface area contributed by atoms with E-state index in [0.717, 1.165) is 23.1 Å². The van der Waals surface area contributed by atoms with Crippen molar-refractivity contribution in [3.8, 4) is 5.75 Å². The molecule has 0 radical (unpaired) electrons. The van der Waals surface area contributed by atoms with Crippen LogP contribution in [0.3, 0.4) is 0 Å². The molecule has 1 unspecified atom stereocenters. The molecule has 0 bridgehead atoms. The van der Waals surface area contributed by atoms with Crippen molar-refractivity contribution < 1.29 is 24.5 Å². The standard InChI is InChI=1S/C21H24O5/c1-3-11(9-22)12-4-5-15-18(19(12)24)17(23)8-16-14-10-26-20(25)13(14)6-7-21(15,16)2/h4-5,11,16,22,24H,3,6-10H2,1-2H3/t11?,16-,21+/m0/s1. The van der Waals surface area contributed by atoms with Gasteiger partial charge in [-0.1, -0.05) is 26.0 Å². The maximum atomic E-state index is 13.0. The lowest BCUT2D eigenvalue weighted by Crippen LogP contribution is -2.43. The number of cyclic esters (lactones) is 1. The van der Waals surface area contributed by atoms with Gasteiger partial charge in [0.15, 0.2) is 5.78 Å². The molecule has 0 spiro atoms.